The van der Waals surface area contributed by atoms with Gasteiger partial charge in [-0.25, -0.2) is 4.79 Å². The first-order chi connectivity index (χ1) is 6.29. The predicted molar refractivity (Wildman–Crippen MR) is 44.2 cm³/mol. The van der Waals surface area contributed by atoms with E-state index in [4.69, 9.17) is 4.42 Å². The number of hydrogen-bond donors (Lipinski definition) is 0. The van der Waals surface area contributed by atoms with E-state index in [1.165, 1.54) is 18.2 Å². The lowest BCUT2D eigenvalue weighted by Gasteiger charge is -1.96. The van der Waals surface area contributed by atoms with Crippen molar-refractivity contribution in [3.63, 3.8) is 0 Å². The summed E-state index contributed by atoms with van der Waals surface area (Å²) in [5.41, 5.74) is -0.161. The van der Waals surface area contributed by atoms with E-state index in [0.717, 1.165) is 5.39 Å². The van der Waals surface area contributed by atoms with Gasteiger partial charge in [0, 0.05) is 22.0 Å². The highest BCUT2D eigenvalue weighted by atomic mass is 19.3. The maximum absolute atomic E-state index is 11.7. The van der Waals surface area contributed by atoms with Crippen LogP contribution in [0.25, 0.3) is 11.0 Å². The molecule has 1 heterocycles. The zero-order chi connectivity index (χ0) is 9.26. The second-order valence-corrected chi connectivity index (χ2v) is 2.53. The first-order valence-corrected chi connectivity index (χ1v) is 3.62. The van der Waals surface area contributed by atoms with Gasteiger partial charge >= 0.3 is 5.63 Å². The van der Waals surface area contributed by atoms with Crippen molar-refractivity contribution >= 4 is 11.0 Å². The summed E-state index contributed by atoms with van der Waals surface area (Å²) in [6.45, 7) is 0. The van der Waals surface area contributed by atoms with Crippen molar-refractivity contribution in [2.24, 2.45) is 0 Å². The van der Waals surface area contributed by atoms with Gasteiger partial charge in [0.05, 0.1) is 0 Å². The number of benzene rings is 1. The fourth-order valence-corrected chi connectivity index (χ4v) is 1.09. The summed E-state index contributed by atoms with van der Waals surface area (Å²) in [6, 6.07) is 7.27. The molecule has 0 saturated heterocycles. The minimum absolute atomic E-state index is 0.0156. The van der Waals surface area contributed by atoms with Crippen LogP contribution in [0.1, 0.15) is 0 Å². The first-order valence-electron chi connectivity index (χ1n) is 3.62. The molecule has 13 heavy (non-hydrogen) atoms. The molecule has 2 aromatic rings. The van der Waals surface area contributed by atoms with Crippen LogP contribution >= 0.6 is 0 Å². The zero-order valence-corrected chi connectivity index (χ0v) is 6.49. The maximum Gasteiger partial charge on any atom is 0.336 e. The summed E-state index contributed by atoms with van der Waals surface area (Å²) in [5.74, 6) is 0.0156. The summed E-state index contributed by atoms with van der Waals surface area (Å²) in [5, 5.41) is 0.723. The van der Waals surface area contributed by atoms with Crippen LogP contribution in [-0.4, -0.2) is 0 Å². The van der Waals surface area contributed by atoms with E-state index < -0.39 is 5.63 Å². The van der Waals surface area contributed by atoms with Crippen molar-refractivity contribution in [3.05, 3.63) is 40.8 Å². The highest BCUT2D eigenvalue weighted by Gasteiger charge is 1.99. The quantitative estimate of drug-likeness (QED) is 0.630. The van der Waals surface area contributed by atoms with Crippen molar-refractivity contribution < 1.29 is 13.9 Å². The number of hydrogen-bond acceptors (Lipinski definition) is 3. The Labute approximate surface area is 72.3 Å². The Kier molecular flexibility index (Phi) is 1.73. The molecular weight excluding hydrogens is 175 g/mol. The van der Waals surface area contributed by atoms with Gasteiger partial charge < -0.3 is 4.42 Å². The van der Waals surface area contributed by atoms with Crippen molar-refractivity contribution in [3.8, 4) is 5.75 Å². The molecule has 0 N–H and O–H groups in total. The highest BCUT2D eigenvalue weighted by Crippen LogP contribution is 2.19. The Hall–Kier alpha value is -1.84. The normalized spacial score (nSPS) is 10.2. The van der Waals surface area contributed by atoms with Crippen LogP contribution in [0.4, 0.5) is 4.53 Å². The SMILES string of the molecule is O=c1ccc2ccc(OF)cc2o1. The monoisotopic (exact) mass is 180 g/mol. The minimum Gasteiger partial charge on any atom is -0.423 e. The van der Waals surface area contributed by atoms with Crippen molar-refractivity contribution in [2.75, 3.05) is 0 Å². The Morgan fingerprint density at radius 1 is 1.23 bits per heavy atom. The highest BCUT2D eigenvalue weighted by molar-refractivity contribution is 5.77. The standard InChI is InChI=1S/C9H5FO3/c10-13-7-3-1-6-2-4-9(11)12-8(6)5-7/h1-5H. The van der Waals surface area contributed by atoms with Crippen molar-refractivity contribution in [2.45, 2.75) is 0 Å². The van der Waals surface area contributed by atoms with E-state index in [-0.39, 0.29) is 5.75 Å². The molecule has 0 radical (unpaired) electrons. The summed E-state index contributed by atoms with van der Waals surface area (Å²) < 4.78 is 16.5. The Bertz CT molecular complexity index is 489. The van der Waals surface area contributed by atoms with Gasteiger partial charge in [-0.2, -0.15) is 0 Å². The molecule has 0 aliphatic carbocycles. The molecular formula is C9H5FO3. The smallest absolute Gasteiger partial charge is 0.336 e. The third-order valence-electron chi connectivity index (χ3n) is 1.68. The number of fused-ring (bicyclic) bond motifs is 1. The van der Waals surface area contributed by atoms with E-state index >= 15 is 0 Å². The fourth-order valence-electron chi connectivity index (χ4n) is 1.09. The van der Waals surface area contributed by atoms with Gasteiger partial charge in [-0.15, -0.1) is 0 Å². The van der Waals surface area contributed by atoms with Crippen LogP contribution in [0.5, 0.6) is 5.75 Å². The van der Waals surface area contributed by atoms with Gasteiger partial charge in [-0.3, -0.25) is 4.94 Å². The molecule has 0 saturated carbocycles. The van der Waals surface area contributed by atoms with Gasteiger partial charge in [0.25, 0.3) is 0 Å². The number of halogens is 1. The lowest BCUT2D eigenvalue weighted by molar-refractivity contribution is -0.00612. The predicted octanol–water partition coefficient (Wildman–Crippen LogP) is 2.06. The van der Waals surface area contributed by atoms with Gasteiger partial charge in [0.2, 0.25) is 0 Å². The summed E-state index contributed by atoms with van der Waals surface area (Å²) in [6.07, 6.45) is 0. The molecule has 0 unspecified atom stereocenters. The van der Waals surface area contributed by atoms with E-state index in [1.54, 1.807) is 12.1 Å². The molecule has 1 aromatic heterocycles. The summed E-state index contributed by atoms with van der Waals surface area (Å²) in [7, 11) is 0. The van der Waals surface area contributed by atoms with Crippen LogP contribution < -0.4 is 10.6 Å². The molecule has 0 aliphatic heterocycles. The average molecular weight is 180 g/mol. The lowest BCUT2D eigenvalue weighted by Crippen LogP contribution is -1.94. The van der Waals surface area contributed by atoms with E-state index in [0.29, 0.717) is 5.58 Å². The molecule has 0 spiro atoms. The Balaban J connectivity index is 2.75. The molecule has 66 valence electrons. The molecule has 3 nitrogen and oxygen atoms in total. The van der Waals surface area contributed by atoms with Gasteiger partial charge in [0.15, 0.2) is 5.75 Å². The van der Waals surface area contributed by atoms with E-state index in [2.05, 4.69) is 4.94 Å². The molecule has 2 rings (SSSR count). The van der Waals surface area contributed by atoms with Crippen molar-refractivity contribution in [1.82, 2.24) is 0 Å². The largest absolute Gasteiger partial charge is 0.423 e. The van der Waals surface area contributed by atoms with Crippen LogP contribution in [-0.2, 0) is 0 Å². The van der Waals surface area contributed by atoms with E-state index in [9.17, 15) is 9.32 Å². The Morgan fingerprint density at radius 3 is 2.77 bits per heavy atom. The second kappa shape index (κ2) is 2.90. The fraction of sp³-hybridized carbons (Fsp3) is 0. The molecule has 0 amide bonds. The second-order valence-electron chi connectivity index (χ2n) is 2.53. The lowest BCUT2D eigenvalue weighted by atomic mass is 10.2. The van der Waals surface area contributed by atoms with E-state index in [1.807, 2.05) is 0 Å². The number of rotatable bonds is 1. The minimum atomic E-state index is -0.469. The van der Waals surface area contributed by atoms with Crippen molar-refractivity contribution in [1.29, 1.82) is 0 Å². The average Bonchev–Trinajstić information content (AvgIpc) is 2.16. The Morgan fingerprint density at radius 2 is 2.00 bits per heavy atom. The summed E-state index contributed by atoms with van der Waals surface area (Å²) >= 11 is 0. The molecule has 0 bridgehead atoms. The third-order valence-corrected chi connectivity index (χ3v) is 1.68. The maximum atomic E-state index is 11.7. The third kappa shape index (κ3) is 1.38. The summed E-state index contributed by atoms with van der Waals surface area (Å²) in [4.78, 5) is 14.3. The van der Waals surface area contributed by atoms with Crippen LogP contribution in [0.2, 0.25) is 0 Å². The van der Waals surface area contributed by atoms with Gasteiger partial charge in [-0.1, -0.05) is 0 Å². The molecule has 4 heteroatoms. The van der Waals surface area contributed by atoms with Crippen LogP contribution in [0, 0.1) is 0 Å². The molecule has 0 fully saturated rings. The van der Waals surface area contributed by atoms with Gasteiger partial charge in [-0.05, 0) is 18.2 Å². The van der Waals surface area contributed by atoms with Crippen LogP contribution in [0.15, 0.2) is 39.5 Å². The molecule has 1 aromatic carbocycles. The zero-order valence-electron chi connectivity index (χ0n) is 6.49. The van der Waals surface area contributed by atoms with Crippen LogP contribution in [0.3, 0.4) is 0 Å². The first kappa shape index (κ1) is 7.79. The molecule has 0 atom stereocenters. The molecule has 0 aliphatic rings. The topological polar surface area (TPSA) is 39.4 Å². The van der Waals surface area contributed by atoms with Gasteiger partial charge in [0.1, 0.15) is 5.58 Å².